The van der Waals surface area contributed by atoms with E-state index in [4.69, 9.17) is 4.74 Å². The van der Waals surface area contributed by atoms with Crippen LogP contribution in [0.1, 0.15) is 71.8 Å². The van der Waals surface area contributed by atoms with Crippen LogP contribution in [0.2, 0.25) is 0 Å². The third-order valence-electron chi connectivity index (χ3n) is 5.55. The minimum Gasteiger partial charge on any atom is -0.444 e. The molecule has 30 heavy (non-hydrogen) atoms. The molecule has 1 aromatic carbocycles. The van der Waals surface area contributed by atoms with Crippen LogP contribution in [0.15, 0.2) is 30.3 Å². The van der Waals surface area contributed by atoms with Gasteiger partial charge in [0.05, 0.1) is 6.54 Å². The third-order valence-corrected chi connectivity index (χ3v) is 5.55. The summed E-state index contributed by atoms with van der Waals surface area (Å²) >= 11 is 0. The molecule has 6 heteroatoms. The number of unbranched alkanes of at least 4 members (excludes halogenated alkanes) is 1. The number of hydrogen-bond acceptors (Lipinski definition) is 5. The second-order valence-corrected chi connectivity index (χ2v) is 9.36. The Labute approximate surface area is 181 Å². The van der Waals surface area contributed by atoms with Crippen LogP contribution in [0.3, 0.4) is 0 Å². The number of ether oxygens (including phenoxy) is 1. The first kappa shape index (κ1) is 24.4. The molecule has 0 aromatic heterocycles. The number of carbonyl (C=O) groups is 2. The highest BCUT2D eigenvalue weighted by atomic mass is 16.6. The zero-order valence-corrected chi connectivity index (χ0v) is 19.0. The van der Waals surface area contributed by atoms with Crippen molar-refractivity contribution in [3.8, 4) is 0 Å². The lowest BCUT2D eigenvalue weighted by molar-refractivity contribution is -0.109. The Morgan fingerprint density at radius 3 is 2.60 bits per heavy atom. The lowest BCUT2D eigenvalue weighted by atomic mass is 9.78. The average molecular weight is 418 g/mol. The summed E-state index contributed by atoms with van der Waals surface area (Å²) in [5, 5.41) is 5.08. The van der Waals surface area contributed by atoms with Gasteiger partial charge in [-0.2, -0.15) is 0 Å². The maximum Gasteiger partial charge on any atom is 0.425 e. The van der Waals surface area contributed by atoms with E-state index in [1.54, 1.807) is 0 Å². The Balaban J connectivity index is 1.98. The SMILES string of the molecule is CCCC[C@@H]1C[C@H](NC(C)(C)C)CC[C@@H]1NN(CC=O)C(=O)OCc1ccccc1. The zero-order valence-electron chi connectivity index (χ0n) is 19.0. The van der Waals surface area contributed by atoms with E-state index in [-0.39, 0.29) is 24.7 Å². The maximum absolute atomic E-state index is 12.6. The molecule has 2 rings (SSSR count). The van der Waals surface area contributed by atoms with Crippen LogP contribution in [0.25, 0.3) is 0 Å². The van der Waals surface area contributed by atoms with Crippen molar-refractivity contribution in [2.45, 2.75) is 90.4 Å². The number of hydrazine groups is 1. The van der Waals surface area contributed by atoms with Crippen LogP contribution >= 0.6 is 0 Å². The fraction of sp³-hybridized carbons (Fsp3) is 0.667. The number of benzene rings is 1. The summed E-state index contributed by atoms with van der Waals surface area (Å²) in [7, 11) is 0. The van der Waals surface area contributed by atoms with Gasteiger partial charge in [-0.3, -0.25) is 0 Å². The van der Waals surface area contributed by atoms with Crippen molar-refractivity contribution in [3.05, 3.63) is 35.9 Å². The Bertz CT molecular complexity index is 645. The van der Waals surface area contributed by atoms with Crippen LogP contribution in [0.4, 0.5) is 4.79 Å². The van der Waals surface area contributed by atoms with Crippen molar-refractivity contribution < 1.29 is 14.3 Å². The average Bonchev–Trinajstić information content (AvgIpc) is 2.71. The molecule has 1 aliphatic rings. The van der Waals surface area contributed by atoms with E-state index < -0.39 is 6.09 Å². The van der Waals surface area contributed by atoms with Crippen LogP contribution in [-0.4, -0.2) is 41.6 Å². The number of rotatable bonds is 10. The van der Waals surface area contributed by atoms with Crippen molar-refractivity contribution in [3.63, 3.8) is 0 Å². The van der Waals surface area contributed by atoms with Gasteiger partial charge in [0.2, 0.25) is 0 Å². The van der Waals surface area contributed by atoms with Crippen LogP contribution in [0.5, 0.6) is 0 Å². The molecule has 0 unspecified atom stereocenters. The lowest BCUT2D eigenvalue weighted by Gasteiger charge is -2.41. The quantitative estimate of drug-likeness (QED) is 0.435. The van der Waals surface area contributed by atoms with Gasteiger partial charge in [-0.15, -0.1) is 0 Å². The Kier molecular flexibility index (Phi) is 9.79. The first-order valence-electron chi connectivity index (χ1n) is 11.3. The molecule has 0 aliphatic heterocycles. The third kappa shape index (κ3) is 8.44. The van der Waals surface area contributed by atoms with Crippen LogP contribution in [-0.2, 0) is 16.1 Å². The van der Waals surface area contributed by atoms with Crippen molar-refractivity contribution in [1.82, 2.24) is 15.8 Å². The molecular weight excluding hydrogens is 378 g/mol. The summed E-state index contributed by atoms with van der Waals surface area (Å²) in [6.45, 7) is 8.98. The van der Waals surface area contributed by atoms with Gasteiger partial charge in [-0.05, 0) is 57.9 Å². The summed E-state index contributed by atoms with van der Waals surface area (Å²) in [6, 6.07) is 10.2. The topological polar surface area (TPSA) is 70.7 Å². The van der Waals surface area contributed by atoms with E-state index in [9.17, 15) is 9.59 Å². The van der Waals surface area contributed by atoms with E-state index in [1.807, 2.05) is 30.3 Å². The summed E-state index contributed by atoms with van der Waals surface area (Å²) in [5.74, 6) is 0.453. The molecule has 6 nitrogen and oxygen atoms in total. The molecule has 1 aromatic rings. The highest BCUT2D eigenvalue weighted by molar-refractivity contribution is 5.70. The van der Waals surface area contributed by atoms with Gasteiger partial charge in [0.1, 0.15) is 12.9 Å². The smallest absolute Gasteiger partial charge is 0.425 e. The molecule has 3 atom stereocenters. The van der Waals surface area contributed by atoms with Crippen molar-refractivity contribution in [2.24, 2.45) is 5.92 Å². The highest BCUT2D eigenvalue weighted by Crippen LogP contribution is 2.30. The van der Waals surface area contributed by atoms with Gasteiger partial charge < -0.3 is 14.8 Å². The highest BCUT2D eigenvalue weighted by Gasteiger charge is 2.33. The molecular formula is C24H39N3O3. The van der Waals surface area contributed by atoms with E-state index in [2.05, 4.69) is 38.4 Å². The summed E-state index contributed by atoms with van der Waals surface area (Å²) in [4.78, 5) is 23.8. The number of nitrogens with one attached hydrogen (secondary N) is 2. The monoisotopic (exact) mass is 417 g/mol. The van der Waals surface area contributed by atoms with Gasteiger partial charge in [-0.1, -0.05) is 50.1 Å². The molecule has 0 bridgehead atoms. The fourth-order valence-electron chi connectivity index (χ4n) is 4.21. The number of amides is 1. The van der Waals surface area contributed by atoms with Crippen molar-refractivity contribution in [1.29, 1.82) is 0 Å². The molecule has 0 heterocycles. The second kappa shape index (κ2) is 12.1. The molecule has 1 aliphatic carbocycles. The molecule has 0 spiro atoms. The van der Waals surface area contributed by atoms with E-state index >= 15 is 0 Å². The van der Waals surface area contributed by atoms with E-state index in [0.29, 0.717) is 12.0 Å². The molecule has 168 valence electrons. The summed E-state index contributed by atoms with van der Waals surface area (Å²) in [6.07, 6.45) is 6.75. The maximum atomic E-state index is 12.6. The van der Waals surface area contributed by atoms with Crippen LogP contribution < -0.4 is 10.7 Å². The first-order chi connectivity index (χ1) is 14.3. The lowest BCUT2D eigenvalue weighted by Crippen LogP contribution is -2.56. The summed E-state index contributed by atoms with van der Waals surface area (Å²) in [5.41, 5.74) is 4.35. The number of aldehydes is 1. The Morgan fingerprint density at radius 2 is 1.97 bits per heavy atom. The molecule has 1 saturated carbocycles. The van der Waals surface area contributed by atoms with Crippen molar-refractivity contribution >= 4 is 12.4 Å². The minimum atomic E-state index is -0.505. The van der Waals surface area contributed by atoms with Gasteiger partial charge in [0, 0.05) is 17.6 Å². The molecule has 1 amide bonds. The van der Waals surface area contributed by atoms with Gasteiger partial charge in [-0.25, -0.2) is 15.2 Å². The standard InChI is InChI=1S/C24H39N3O3/c1-5-6-12-20-17-21(25-24(2,3)4)13-14-22(20)26-27(15-16-28)23(29)30-18-19-10-8-7-9-11-19/h7-11,16,20-22,25-26H,5-6,12-15,17-18H2,1-4H3/t20-,21-,22+/m1/s1. The Morgan fingerprint density at radius 1 is 1.23 bits per heavy atom. The van der Waals surface area contributed by atoms with Crippen LogP contribution in [0, 0.1) is 5.92 Å². The van der Waals surface area contributed by atoms with Crippen molar-refractivity contribution in [2.75, 3.05) is 6.54 Å². The first-order valence-corrected chi connectivity index (χ1v) is 11.3. The molecule has 0 radical (unpaired) electrons. The molecule has 0 saturated heterocycles. The Hall–Kier alpha value is -1.92. The molecule has 2 N–H and O–H groups in total. The fourth-order valence-corrected chi connectivity index (χ4v) is 4.21. The normalized spacial score (nSPS) is 21.8. The largest absolute Gasteiger partial charge is 0.444 e. The predicted octanol–water partition coefficient (Wildman–Crippen LogP) is 4.44. The van der Waals surface area contributed by atoms with Gasteiger partial charge in [0.15, 0.2) is 0 Å². The second-order valence-electron chi connectivity index (χ2n) is 9.36. The predicted molar refractivity (Wildman–Crippen MR) is 120 cm³/mol. The number of hydrogen-bond donors (Lipinski definition) is 2. The van der Waals surface area contributed by atoms with E-state index in [0.717, 1.165) is 50.4 Å². The van der Waals surface area contributed by atoms with Gasteiger partial charge >= 0.3 is 6.09 Å². The molecule has 1 fully saturated rings. The zero-order chi connectivity index (χ0) is 22.0. The van der Waals surface area contributed by atoms with E-state index in [1.165, 1.54) is 5.01 Å². The van der Waals surface area contributed by atoms with Gasteiger partial charge in [0.25, 0.3) is 0 Å². The number of nitrogens with zero attached hydrogens (tertiary/aromatic N) is 1. The number of carbonyl (C=O) groups excluding carboxylic acids is 2. The minimum absolute atomic E-state index is 0.0196. The summed E-state index contributed by atoms with van der Waals surface area (Å²) < 4.78 is 5.44.